The van der Waals surface area contributed by atoms with E-state index in [2.05, 4.69) is 80.4 Å². The van der Waals surface area contributed by atoms with E-state index < -0.39 is 0 Å². The second-order valence-electron chi connectivity index (χ2n) is 7.41. The summed E-state index contributed by atoms with van der Waals surface area (Å²) in [6.45, 7) is 2.19. The van der Waals surface area contributed by atoms with Crippen LogP contribution in [0, 0.1) is 0 Å². The van der Waals surface area contributed by atoms with Crippen LogP contribution in [0.4, 0.5) is 11.5 Å². The van der Waals surface area contributed by atoms with Crippen LogP contribution in [-0.2, 0) is 13.1 Å². The van der Waals surface area contributed by atoms with Gasteiger partial charge in [-0.25, -0.2) is 14.5 Å². The number of para-hydroxylation sites is 1. The highest BCUT2D eigenvalue weighted by Crippen LogP contribution is 2.24. The van der Waals surface area contributed by atoms with Gasteiger partial charge in [0, 0.05) is 12.2 Å². The molecule has 5 nitrogen and oxygen atoms in total. The average Bonchev–Trinajstić information content (AvgIpc) is 3.22. The van der Waals surface area contributed by atoms with Gasteiger partial charge in [0.05, 0.1) is 0 Å². The molecule has 2 N–H and O–H groups in total. The molecule has 1 aliphatic rings. The minimum Gasteiger partial charge on any atom is -0.337 e. The third kappa shape index (κ3) is 3.82. The minimum atomic E-state index is 0.600. The Morgan fingerprint density at radius 3 is 2.17 bits per heavy atom. The van der Waals surface area contributed by atoms with Crippen LogP contribution in [0.25, 0.3) is 0 Å². The van der Waals surface area contributed by atoms with Crippen molar-refractivity contribution in [1.82, 2.24) is 4.98 Å². The molecule has 0 atom stereocenters. The first-order valence-electron chi connectivity index (χ1n) is 10.2. The Labute approximate surface area is 176 Å². The predicted molar refractivity (Wildman–Crippen MR) is 121 cm³/mol. The molecule has 0 saturated carbocycles. The van der Waals surface area contributed by atoms with E-state index in [4.69, 9.17) is 4.99 Å². The quantitative estimate of drug-likeness (QED) is 0.499. The average molecular weight is 395 g/mol. The minimum absolute atomic E-state index is 0.600. The van der Waals surface area contributed by atoms with Gasteiger partial charge in [0.15, 0.2) is 5.84 Å². The molecular weight excluding hydrogens is 370 g/mol. The van der Waals surface area contributed by atoms with Crippen LogP contribution in [0.15, 0.2) is 102 Å². The third-order valence-electron chi connectivity index (χ3n) is 5.26. The molecule has 0 saturated heterocycles. The summed E-state index contributed by atoms with van der Waals surface area (Å²) in [5.74, 6) is 1.97. The van der Waals surface area contributed by atoms with Crippen molar-refractivity contribution in [3.63, 3.8) is 0 Å². The van der Waals surface area contributed by atoms with Crippen LogP contribution in [-0.4, -0.2) is 17.5 Å². The van der Waals surface area contributed by atoms with Gasteiger partial charge in [-0.2, -0.15) is 0 Å². The van der Waals surface area contributed by atoms with Crippen molar-refractivity contribution in [3.05, 3.63) is 114 Å². The summed E-state index contributed by atoms with van der Waals surface area (Å²) in [6, 6.07) is 31.2. The van der Waals surface area contributed by atoms with Crippen molar-refractivity contribution < 1.29 is 4.57 Å². The molecule has 4 aromatic rings. The molecule has 0 amide bonds. The fraction of sp³-hybridized carbons (Fsp3) is 0.120. The Bertz CT molecular complexity index is 1130. The second-order valence-corrected chi connectivity index (χ2v) is 7.41. The summed E-state index contributed by atoms with van der Waals surface area (Å²) in [6.07, 6.45) is 2.04. The molecule has 0 unspecified atom stereocenters. The maximum atomic E-state index is 4.91. The molecule has 0 aliphatic carbocycles. The number of hydrogen-bond acceptors (Lipinski definition) is 3. The molecule has 0 bridgehead atoms. The Balaban J connectivity index is 1.50. The lowest BCUT2D eigenvalue weighted by Gasteiger charge is -2.24. The number of rotatable bonds is 5. The van der Waals surface area contributed by atoms with Crippen molar-refractivity contribution in [2.75, 3.05) is 16.9 Å². The van der Waals surface area contributed by atoms with Gasteiger partial charge in [0.2, 0.25) is 17.8 Å². The topological polar surface area (TPSA) is 47.3 Å². The van der Waals surface area contributed by atoms with E-state index in [1.165, 1.54) is 11.1 Å². The standard InChI is InChI=1S/C25H23N5/c1-4-10-20(11-5-1)16-29-19-27-25-23(29)24(28-22-14-8-3-9-15-22)26-18-30(25)17-21-12-6-2-7-13-21/h1-15,19H,16-18H2,(H,26,28)/p+1. The number of amidine groups is 1. The highest BCUT2D eigenvalue weighted by molar-refractivity contribution is 6.09. The lowest BCUT2D eigenvalue weighted by atomic mass is 10.2. The van der Waals surface area contributed by atoms with Gasteiger partial charge in [-0.15, -0.1) is 0 Å². The van der Waals surface area contributed by atoms with Crippen molar-refractivity contribution in [3.8, 4) is 0 Å². The molecule has 0 spiro atoms. The van der Waals surface area contributed by atoms with E-state index in [1.807, 2.05) is 36.7 Å². The van der Waals surface area contributed by atoms with Crippen LogP contribution >= 0.6 is 0 Å². The van der Waals surface area contributed by atoms with Gasteiger partial charge in [-0.1, -0.05) is 78.9 Å². The van der Waals surface area contributed by atoms with E-state index in [0.717, 1.165) is 36.1 Å². The molecule has 1 aliphatic heterocycles. The summed E-state index contributed by atoms with van der Waals surface area (Å²) >= 11 is 0. The number of imidazole rings is 1. The van der Waals surface area contributed by atoms with Crippen LogP contribution in [0.3, 0.4) is 0 Å². The SMILES string of the molecule is c1ccc(CN2CN=C(Nc3ccccc3)c3c2[nH]c[n+]3Cc2ccccc2)cc1. The van der Waals surface area contributed by atoms with E-state index in [1.54, 1.807) is 0 Å². The van der Waals surface area contributed by atoms with Crippen molar-refractivity contribution in [2.24, 2.45) is 4.99 Å². The van der Waals surface area contributed by atoms with E-state index in [-0.39, 0.29) is 0 Å². The number of benzene rings is 3. The molecule has 2 heterocycles. The summed E-state index contributed by atoms with van der Waals surface area (Å²) in [4.78, 5) is 10.7. The highest BCUT2D eigenvalue weighted by atomic mass is 15.3. The number of hydrogen-bond donors (Lipinski definition) is 2. The monoisotopic (exact) mass is 394 g/mol. The molecule has 1 aromatic heterocycles. The fourth-order valence-corrected chi connectivity index (χ4v) is 3.79. The Morgan fingerprint density at radius 2 is 1.47 bits per heavy atom. The summed E-state index contributed by atoms with van der Waals surface area (Å²) in [5, 5.41) is 3.52. The smallest absolute Gasteiger partial charge is 0.248 e. The summed E-state index contributed by atoms with van der Waals surface area (Å²) in [5.41, 5.74) is 4.63. The third-order valence-corrected chi connectivity index (χ3v) is 5.26. The molecule has 148 valence electrons. The number of aromatic nitrogens is 2. The lowest BCUT2D eigenvalue weighted by molar-refractivity contribution is -0.687. The molecule has 3 aromatic carbocycles. The number of aliphatic imine (C=N–C) groups is 1. The van der Waals surface area contributed by atoms with E-state index in [0.29, 0.717) is 6.67 Å². The van der Waals surface area contributed by atoms with Gasteiger partial charge in [0.1, 0.15) is 13.2 Å². The highest BCUT2D eigenvalue weighted by Gasteiger charge is 2.31. The van der Waals surface area contributed by atoms with Gasteiger partial charge in [0.25, 0.3) is 0 Å². The number of anilines is 2. The second kappa shape index (κ2) is 8.25. The van der Waals surface area contributed by atoms with Crippen LogP contribution in [0.5, 0.6) is 0 Å². The predicted octanol–water partition coefficient (Wildman–Crippen LogP) is 4.19. The zero-order valence-electron chi connectivity index (χ0n) is 16.7. The van der Waals surface area contributed by atoms with Gasteiger partial charge in [-0.3, -0.25) is 0 Å². The fourth-order valence-electron chi connectivity index (χ4n) is 3.79. The van der Waals surface area contributed by atoms with Gasteiger partial charge >= 0.3 is 0 Å². The molecule has 5 heteroatoms. The van der Waals surface area contributed by atoms with Gasteiger partial charge < -0.3 is 10.2 Å². The van der Waals surface area contributed by atoms with Crippen LogP contribution < -0.4 is 14.8 Å². The van der Waals surface area contributed by atoms with E-state index >= 15 is 0 Å². The Hall–Kier alpha value is -3.86. The molecular formula is C25H24N5+. The lowest BCUT2D eigenvalue weighted by Crippen LogP contribution is -2.44. The molecule has 0 radical (unpaired) electrons. The van der Waals surface area contributed by atoms with Crippen molar-refractivity contribution in [1.29, 1.82) is 0 Å². The number of aromatic amines is 1. The number of nitrogens with one attached hydrogen (secondary N) is 2. The number of nitrogens with zero attached hydrogens (tertiary/aromatic N) is 3. The molecule has 5 rings (SSSR count). The van der Waals surface area contributed by atoms with Crippen LogP contribution in [0.2, 0.25) is 0 Å². The first-order chi connectivity index (χ1) is 14.9. The first-order valence-corrected chi connectivity index (χ1v) is 10.2. The normalized spacial score (nSPS) is 12.9. The van der Waals surface area contributed by atoms with Crippen molar-refractivity contribution >= 4 is 17.3 Å². The molecule has 30 heavy (non-hydrogen) atoms. The number of fused-ring (bicyclic) bond motifs is 1. The maximum Gasteiger partial charge on any atom is 0.248 e. The van der Waals surface area contributed by atoms with Crippen LogP contribution in [0.1, 0.15) is 16.8 Å². The Kier molecular flexibility index (Phi) is 5.00. The molecule has 0 fully saturated rings. The van der Waals surface area contributed by atoms with Crippen molar-refractivity contribution in [2.45, 2.75) is 13.1 Å². The Morgan fingerprint density at radius 1 is 0.833 bits per heavy atom. The zero-order chi connectivity index (χ0) is 20.2. The maximum absolute atomic E-state index is 4.91. The number of H-pyrrole nitrogens is 1. The van der Waals surface area contributed by atoms with Gasteiger partial charge in [-0.05, 0) is 23.3 Å². The first kappa shape index (κ1) is 18.2. The van der Waals surface area contributed by atoms with E-state index in [9.17, 15) is 0 Å². The zero-order valence-corrected chi connectivity index (χ0v) is 16.7. The summed E-state index contributed by atoms with van der Waals surface area (Å²) in [7, 11) is 0. The largest absolute Gasteiger partial charge is 0.337 e. The summed E-state index contributed by atoms with van der Waals surface area (Å²) < 4.78 is 2.23.